The number of amides is 2. The lowest BCUT2D eigenvalue weighted by molar-refractivity contribution is -0.117. The van der Waals surface area contributed by atoms with E-state index in [1.807, 2.05) is 30.0 Å². The number of nitrogens with zero attached hydrogens (tertiary/aromatic N) is 2. The smallest absolute Gasteiger partial charge is 0.289 e. The molecule has 156 valence electrons. The maximum Gasteiger partial charge on any atom is 0.289 e. The molecule has 0 bridgehead atoms. The number of piperazine rings is 1. The second kappa shape index (κ2) is 8.57. The van der Waals surface area contributed by atoms with Crippen LogP contribution in [0, 0.1) is 12.7 Å². The average molecular weight is 474 g/mol. The van der Waals surface area contributed by atoms with Gasteiger partial charge in [0.05, 0.1) is 6.54 Å². The highest BCUT2D eigenvalue weighted by atomic mass is 79.9. The van der Waals surface area contributed by atoms with Crippen LogP contribution >= 0.6 is 15.9 Å². The van der Waals surface area contributed by atoms with Crippen molar-refractivity contribution in [3.8, 4) is 0 Å². The zero-order chi connectivity index (χ0) is 21.3. The van der Waals surface area contributed by atoms with Gasteiger partial charge in [0.15, 0.2) is 5.76 Å². The van der Waals surface area contributed by atoms with Crippen LogP contribution in [0.2, 0.25) is 0 Å². The zero-order valence-corrected chi connectivity index (χ0v) is 18.0. The second-order valence-electron chi connectivity index (χ2n) is 7.32. The molecule has 1 aliphatic rings. The summed E-state index contributed by atoms with van der Waals surface area (Å²) >= 11 is 3.45. The first-order valence-electron chi connectivity index (χ1n) is 9.66. The maximum atomic E-state index is 13.0. The van der Waals surface area contributed by atoms with Gasteiger partial charge >= 0.3 is 0 Å². The lowest BCUT2D eigenvalue weighted by atomic mass is 10.1. The third kappa shape index (κ3) is 4.39. The van der Waals surface area contributed by atoms with Gasteiger partial charge in [-0.15, -0.1) is 0 Å². The second-order valence-corrected chi connectivity index (χ2v) is 8.24. The monoisotopic (exact) mass is 473 g/mol. The predicted octanol–water partition coefficient (Wildman–Crippen LogP) is 4.04. The van der Waals surface area contributed by atoms with E-state index in [0.717, 1.165) is 15.4 Å². The molecular weight excluding hydrogens is 453 g/mol. The minimum Gasteiger partial charge on any atom is -0.451 e. The quantitative estimate of drug-likeness (QED) is 0.620. The van der Waals surface area contributed by atoms with Crippen molar-refractivity contribution in [2.24, 2.45) is 0 Å². The Kier molecular flexibility index (Phi) is 5.87. The molecule has 4 rings (SSSR count). The molecule has 6 nitrogen and oxygen atoms in total. The Hall–Kier alpha value is -2.71. The summed E-state index contributed by atoms with van der Waals surface area (Å²) in [6, 6.07) is 11.3. The van der Waals surface area contributed by atoms with Gasteiger partial charge in [0, 0.05) is 47.3 Å². The molecular formula is C22H21BrFN3O3. The number of fused-ring (bicyclic) bond motifs is 1. The summed E-state index contributed by atoms with van der Waals surface area (Å²) in [6.45, 7) is 4.32. The molecule has 2 heterocycles. The van der Waals surface area contributed by atoms with Crippen LogP contribution in [0.4, 0.5) is 10.1 Å². The Morgan fingerprint density at radius 3 is 2.50 bits per heavy atom. The van der Waals surface area contributed by atoms with Crippen molar-refractivity contribution >= 4 is 44.4 Å². The minimum absolute atomic E-state index is 0.129. The van der Waals surface area contributed by atoms with Crippen LogP contribution in [0.15, 0.2) is 51.4 Å². The Morgan fingerprint density at radius 1 is 1.10 bits per heavy atom. The Morgan fingerprint density at radius 2 is 1.80 bits per heavy atom. The van der Waals surface area contributed by atoms with Crippen molar-refractivity contribution in [1.82, 2.24) is 9.80 Å². The summed E-state index contributed by atoms with van der Waals surface area (Å²) in [7, 11) is 0. The van der Waals surface area contributed by atoms with Crippen molar-refractivity contribution in [3.05, 3.63) is 64.1 Å². The van der Waals surface area contributed by atoms with Crippen molar-refractivity contribution in [3.63, 3.8) is 0 Å². The van der Waals surface area contributed by atoms with E-state index >= 15 is 0 Å². The molecule has 0 saturated carbocycles. The fourth-order valence-corrected chi connectivity index (χ4v) is 3.95. The van der Waals surface area contributed by atoms with Gasteiger partial charge in [-0.2, -0.15) is 0 Å². The van der Waals surface area contributed by atoms with Crippen LogP contribution in [0.1, 0.15) is 16.1 Å². The summed E-state index contributed by atoms with van der Waals surface area (Å²) in [5.74, 6) is -0.276. The van der Waals surface area contributed by atoms with Gasteiger partial charge in [-0.1, -0.05) is 15.9 Å². The van der Waals surface area contributed by atoms with Gasteiger partial charge in [0.1, 0.15) is 11.4 Å². The SMILES string of the molecule is Cc1c(C(=O)N2CCN(CC(=O)Nc3ccc(F)cc3)CC2)oc2ccc(Br)cc12. The number of halogens is 2. The van der Waals surface area contributed by atoms with E-state index in [0.29, 0.717) is 43.2 Å². The zero-order valence-electron chi connectivity index (χ0n) is 16.5. The van der Waals surface area contributed by atoms with Crippen molar-refractivity contribution in [2.45, 2.75) is 6.92 Å². The Balaban J connectivity index is 1.34. The normalized spacial score (nSPS) is 14.8. The molecule has 8 heteroatoms. The summed E-state index contributed by atoms with van der Waals surface area (Å²) in [6.07, 6.45) is 0. The highest BCUT2D eigenvalue weighted by Gasteiger charge is 2.27. The molecule has 2 amide bonds. The fourth-order valence-electron chi connectivity index (χ4n) is 3.59. The number of hydrogen-bond acceptors (Lipinski definition) is 4. The van der Waals surface area contributed by atoms with E-state index < -0.39 is 0 Å². The standard InChI is InChI=1S/C22H21BrFN3O3/c1-14-18-12-15(23)2-7-19(18)30-21(14)22(29)27-10-8-26(9-11-27)13-20(28)25-17-5-3-16(24)4-6-17/h2-7,12H,8-11,13H2,1H3,(H,25,28). The van der Waals surface area contributed by atoms with E-state index in [4.69, 9.17) is 4.42 Å². The van der Waals surface area contributed by atoms with E-state index in [-0.39, 0.29) is 24.2 Å². The Bertz CT molecular complexity index is 1090. The van der Waals surface area contributed by atoms with Crippen molar-refractivity contribution < 1.29 is 18.4 Å². The van der Waals surface area contributed by atoms with Gasteiger partial charge in [0.25, 0.3) is 5.91 Å². The first-order valence-corrected chi connectivity index (χ1v) is 10.5. The first kappa shape index (κ1) is 20.6. The van der Waals surface area contributed by atoms with E-state index in [9.17, 15) is 14.0 Å². The highest BCUT2D eigenvalue weighted by Crippen LogP contribution is 2.29. The van der Waals surface area contributed by atoms with Crippen LogP contribution in [0.3, 0.4) is 0 Å². The molecule has 30 heavy (non-hydrogen) atoms. The molecule has 0 radical (unpaired) electrons. The van der Waals surface area contributed by atoms with E-state index in [2.05, 4.69) is 21.2 Å². The van der Waals surface area contributed by atoms with E-state index in [1.54, 1.807) is 4.90 Å². The number of carbonyl (C=O) groups is 2. The van der Waals surface area contributed by atoms with Crippen LogP contribution in [-0.2, 0) is 4.79 Å². The summed E-state index contributed by atoms with van der Waals surface area (Å²) in [5, 5.41) is 3.68. The minimum atomic E-state index is -0.346. The average Bonchev–Trinajstić information content (AvgIpc) is 3.06. The maximum absolute atomic E-state index is 13.0. The molecule has 2 aromatic carbocycles. The van der Waals surface area contributed by atoms with Gasteiger partial charge in [-0.25, -0.2) is 4.39 Å². The lowest BCUT2D eigenvalue weighted by Gasteiger charge is -2.33. The van der Waals surface area contributed by atoms with Crippen molar-refractivity contribution in [1.29, 1.82) is 0 Å². The third-order valence-corrected chi connectivity index (χ3v) is 5.74. The van der Waals surface area contributed by atoms with E-state index in [1.165, 1.54) is 24.3 Å². The molecule has 3 aromatic rings. The van der Waals surface area contributed by atoms with Gasteiger partial charge < -0.3 is 14.6 Å². The fraction of sp³-hybridized carbons (Fsp3) is 0.273. The number of furan rings is 1. The number of carbonyl (C=O) groups excluding carboxylic acids is 2. The lowest BCUT2D eigenvalue weighted by Crippen LogP contribution is -2.50. The third-order valence-electron chi connectivity index (χ3n) is 5.25. The van der Waals surface area contributed by atoms with Crippen molar-refractivity contribution in [2.75, 3.05) is 38.0 Å². The number of benzene rings is 2. The van der Waals surface area contributed by atoms with Crippen LogP contribution in [0.5, 0.6) is 0 Å². The van der Waals surface area contributed by atoms with Crippen LogP contribution < -0.4 is 5.32 Å². The molecule has 0 atom stereocenters. The molecule has 1 aliphatic heterocycles. The van der Waals surface area contributed by atoms with Gasteiger partial charge in [-0.3, -0.25) is 14.5 Å². The molecule has 1 saturated heterocycles. The predicted molar refractivity (Wildman–Crippen MR) is 116 cm³/mol. The summed E-state index contributed by atoms with van der Waals surface area (Å²) in [4.78, 5) is 28.9. The number of aryl methyl sites for hydroxylation is 1. The van der Waals surface area contributed by atoms with Crippen LogP contribution in [-0.4, -0.2) is 54.3 Å². The van der Waals surface area contributed by atoms with Gasteiger partial charge in [-0.05, 0) is 49.4 Å². The summed E-state index contributed by atoms with van der Waals surface area (Å²) in [5.41, 5.74) is 2.08. The largest absolute Gasteiger partial charge is 0.451 e. The first-order chi connectivity index (χ1) is 14.4. The molecule has 0 spiro atoms. The molecule has 0 unspecified atom stereocenters. The summed E-state index contributed by atoms with van der Waals surface area (Å²) < 4.78 is 19.7. The molecule has 1 N–H and O–H groups in total. The topological polar surface area (TPSA) is 65.8 Å². The highest BCUT2D eigenvalue weighted by molar-refractivity contribution is 9.10. The Labute approximate surface area is 181 Å². The number of hydrogen-bond donors (Lipinski definition) is 1. The van der Waals surface area contributed by atoms with Crippen LogP contribution in [0.25, 0.3) is 11.0 Å². The number of anilines is 1. The number of rotatable bonds is 4. The molecule has 0 aliphatic carbocycles. The van der Waals surface area contributed by atoms with Gasteiger partial charge in [0.2, 0.25) is 5.91 Å². The molecule has 1 aromatic heterocycles. The molecule has 1 fully saturated rings. The number of nitrogens with one attached hydrogen (secondary N) is 1.